The van der Waals surface area contributed by atoms with Gasteiger partial charge in [0.2, 0.25) is 5.91 Å². The predicted molar refractivity (Wildman–Crippen MR) is 77.7 cm³/mol. The van der Waals surface area contributed by atoms with Crippen molar-refractivity contribution in [3.63, 3.8) is 0 Å². The highest BCUT2D eigenvalue weighted by Crippen LogP contribution is 2.30. The fraction of sp³-hybridized carbons (Fsp3) is 0.500. The molecule has 1 heterocycles. The number of carbonyl (C=O) groups excluding carboxylic acids is 1. The summed E-state index contributed by atoms with van der Waals surface area (Å²) in [7, 11) is 0. The topological polar surface area (TPSA) is 41.1 Å². The van der Waals surface area contributed by atoms with Gasteiger partial charge in [0.1, 0.15) is 0 Å². The minimum Gasteiger partial charge on any atom is -0.326 e. The number of hydrogen-bond acceptors (Lipinski definition) is 2. The van der Waals surface area contributed by atoms with E-state index < -0.39 is 0 Å². The van der Waals surface area contributed by atoms with Crippen molar-refractivity contribution >= 4 is 27.5 Å². The first-order valence-electron chi connectivity index (χ1n) is 6.29. The first kappa shape index (κ1) is 13.6. The van der Waals surface area contributed by atoms with Gasteiger partial charge < -0.3 is 10.6 Å². The molecule has 0 saturated carbocycles. The van der Waals surface area contributed by atoms with Gasteiger partial charge in [0.05, 0.1) is 0 Å². The number of rotatable bonds is 2. The van der Waals surface area contributed by atoms with Crippen molar-refractivity contribution in [2.45, 2.75) is 26.7 Å². The highest BCUT2D eigenvalue weighted by Gasteiger charge is 2.34. The number of aryl methyl sites for hydroxylation is 1. The Bertz CT molecular complexity index is 433. The van der Waals surface area contributed by atoms with Gasteiger partial charge in [-0.2, -0.15) is 0 Å². The summed E-state index contributed by atoms with van der Waals surface area (Å²) < 4.78 is 0.994. The molecular weight excluding hydrogens is 292 g/mol. The van der Waals surface area contributed by atoms with Crippen LogP contribution in [0.5, 0.6) is 0 Å². The van der Waals surface area contributed by atoms with Gasteiger partial charge in [0.25, 0.3) is 0 Å². The van der Waals surface area contributed by atoms with E-state index in [9.17, 15) is 4.79 Å². The Morgan fingerprint density at radius 3 is 2.61 bits per heavy atom. The van der Waals surface area contributed by atoms with E-state index in [-0.39, 0.29) is 11.3 Å². The van der Waals surface area contributed by atoms with Gasteiger partial charge in [-0.15, -0.1) is 0 Å². The molecule has 98 valence electrons. The van der Waals surface area contributed by atoms with E-state index in [0.717, 1.165) is 41.7 Å². The van der Waals surface area contributed by atoms with Crippen LogP contribution in [0.2, 0.25) is 0 Å². The molecule has 1 aromatic carbocycles. The van der Waals surface area contributed by atoms with Crippen LogP contribution in [0.25, 0.3) is 0 Å². The molecule has 0 unspecified atom stereocenters. The molecule has 0 bridgehead atoms. The summed E-state index contributed by atoms with van der Waals surface area (Å²) in [6.07, 6.45) is 1.79. The van der Waals surface area contributed by atoms with Gasteiger partial charge in [0.15, 0.2) is 0 Å². The fourth-order valence-corrected chi connectivity index (χ4v) is 2.90. The molecule has 1 amide bonds. The number of benzene rings is 1. The van der Waals surface area contributed by atoms with Crippen LogP contribution in [-0.4, -0.2) is 19.0 Å². The minimum atomic E-state index is -0.249. The highest BCUT2D eigenvalue weighted by atomic mass is 79.9. The largest absolute Gasteiger partial charge is 0.326 e. The zero-order chi connectivity index (χ0) is 13.2. The lowest BCUT2D eigenvalue weighted by Gasteiger charge is -2.32. The SMILES string of the molecule is Cc1cc(Br)cc(NC(=O)C2(C)CCNCC2)c1. The summed E-state index contributed by atoms with van der Waals surface area (Å²) >= 11 is 3.45. The van der Waals surface area contributed by atoms with Gasteiger partial charge in [-0.05, 0) is 56.6 Å². The van der Waals surface area contributed by atoms with Crippen molar-refractivity contribution in [1.82, 2.24) is 5.32 Å². The first-order valence-corrected chi connectivity index (χ1v) is 7.08. The molecule has 2 N–H and O–H groups in total. The summed E-state index contributed by atoms with van der Waals surface area (Å²) in [5, 5.41) is 6.33. The summed E-state index contributed by atoms with van der Waals surface area (Å²) in [5.74, 6) is 0.126. The standard InChI is InChI=1S/C14H19BrN2O/c1-10-7-11(15)9-12(8-10)17-13(18)14(2)3-5-16-6-4-14/h7-9,16H,3-6H2,1-2H3,(H,17,18). The van der Waals surface area contributed by atoms with E-state index in [4.69, 9.17) is 0 Å². The second-order valence-corrected chi connectivity index (χ2v) is 6.20. The van der Waals surface area contributed by atoms with E-state index >= 15 is 0 Å². The third-order valence-electron chi connectivity index (χ3n) is 3.56. The average Bonchev–Trinajstić information content (AvgIpc) is 2.28. The maximum Gasteiger partial charge on any atom is 0.230 e. The van der Waals surface area contributed by atoms with Crippen molar-refractivity contribution in [2.75, 3.05) is 18.4 Å². The number of anilines is 1. The van der Waals surface area contributed by atoms with E-state index in [1.807, 2.05) is 32.0 Å². The van der Waals surface area contributed by atoms with E-state index in [0.29, 0.717) is 0 Å². The summed E-state index contributed by atoms with van der Waals surface area (Å²) in [6, 6.07) is 5.96. The normalized spacial score (nSPS) is 18.4. The zero-order valence-electron chi connectivity index (χ0n) is 10.8. The molecule has 0 aromatic heterocycles. The first-order chi connectivity index (χ1) is 8.49. The smallest absolute Gasteiger partial charge is 0.230 e. The van der Waals surface area contributed by atoms with Crippen LogP contribution in [-0.2, 0) is 4.79 Å². The second kappa shape index (κ2) is 5.41. The van der Waals surface area contributed by atoms with Crippen LogP contribution >= 0.6 is 15.9 Å². The highest BCUT2D eigenvalue weighted by molar-refractivity contribution is 9.10. The molecule has 2 rings (SSSR count). The molecule has 1 fully saturated rings. The Morgan fingerprint density at radius 2 is 2.00 bits per heavy atom. The molecule has 1 aliphatic rings. The van der Waals surface area contributed by atoms with E-state index in [2.05, 4.69) is 26.6 Å². The molecule has 4 heteroatoms. The summed E-state index contributed by atoms with van der Waals surface area (Å²) in [4.78, 5) is 12.4. The van der Waals surface area contributed by atoms with Crippen LogP contribution in [0, 0.1) is 12.3 Å². The summed E-state index contributed by atoms with van der Waals surface area (Å²) in [6.45, 7) is 5.91. The fourth-order valence-electron chi connectivity index (χ4n) is 2.30. The van der Waals surface area contributed by atoms with Gasteiger partial charge >= 0.3 is 0 Å². The molecule has 0 atom stereocenters. The molecule has 1 aromatic rings. The lowest BCUT2D eigenvalue weighted by molar-refractivity contribution is -0.126. The van der Waals surface area contributed by atoms with Crippen molar-refractivity contribution < 1.29 is 4.79 Å². The molecular formula is C14H19BrN2O. The number of hydrogen-bond donors (Lipinski definition) is 2. The molecule has 0 spiro atoms. The average molecular weight is 311 g/mol. The Morgan fingerprint density at radius 1 is 1.33 bits per heavy atom. The predicted octanol–water partition coefficient (Wildman–Crippen LogP) is 3.09. The number of piperidine rings is 1. The molecule has 3 nitrogen and oxygen atoms in total. The number of nitrogens with one attached hydrogen (secondary N) is 2. The molecule has 18 heavy (non-hydrogen) atoms. The summed E-state index contributed by atoms with van der Waals surface area (Å²) in [5.41, 5.74) is 1.75. The van der Waals surface area contributed by atoms with Crippen LogP contribution in [0.1, 0.15) is 25.3 Å². The monoisotopic (exact) mass is 310 g/mol. The van der Waals surface area contributed by atoms with Crippen molar-refractivity contribution in [3.05, 3.63) is 28.2 Å². The molecule has 1 saturated heterocycles. The maximum absolute atomic E-state index is 12.4. The van der Waals surface area contributed by atoms with Gasteiger partial charge in [0, 0.05) is 15.6 Å². The van der Waals surface area contributed by atoms with Crippen LogP contribution in [0.4, 0.5) is 5.69 Å². The molecule has 0 aliphatic carbocycles. The van der Waals surface area contributed by atoms with Gasteiger partial charge in [-0.25, -0.2) is 0 Å². The molecule has 1 aliphatic heterocycles. The van der Waals surface area contributed by atoms with E-state index in [1.165, 1.54) is 0 Å². The number of amides is 1. The number of halogens is 1. The Labute approximate surface area is 116 Å². The third kappa shape index (κ3) is 3.12. The minimum absolute atomic E-state index is 0.126. The Hall–Kier alpha value is -0.870. The van der Waals surface area contributed by atoms with Crippen molar-refractivity contribution in [2.24, 2.45) is 5.41 Å². The van der Waals surface area contributed by atoms with Crippen LogP contribution < -0.4 is 10.6 Å². The van der Waals surface area contributed by atoms with E-state index in [1.54, 1.807) is 0 Å². The van der Waals surface area contributed by atoms with Crippen LogP contribution in [0.15, 0.2) is 22.7 Å². The Balaban J connectivity index is 2.10. The van der Waals surface area contributed by atoms with Crippen molar-refractivity contribution in [3.8, 4) is 0 Å². The van der Waals surface area contributed by atoms with Crippen LogP contribution in [0.3, 0.4) is 0 Å². The van der Waals surface area contributed by atoms with Gasteiger partial charge in [-0.3, -0.25) is 4.79 Å². The zero-order valence-corrected chi connectivity index (χ0v) is 12.4. The quantitative estimate of drug-likeness (QED) is 0.881. The Kier molecular flexibility index (Phi) is 4.07. The second-order valence-electron chi connectivity index (χ2n) is 5.28. The third-order valence-corrected chi connectivity index (χ3v) is 4.01. The lowest BCUT2D eigenvalue weighted by Crippen LogP contribution is -2.42. The van der Waals surface area contributed by atoms with Crippen molar-refractivity contribution in [1.29, 1.82) is 0 Å². The number of carbonyl (C=O) groups is 1. The lowest BCUT2D eigenvalue weighted by atomic mass is 9.80. The molecule has 0 radical (unpaired) electrons. The maximum atomic E-state index is 12.4. The van der Waals surface area contributed by atoms with Gasteiger partial charge in [-0.1, -0.05) is 22.9 Å².